The summed E-state index contributed by atoms with van der Waals surface area (Å²) in [7, 11) is 3.19. The van der Waals surface area contributed by atoms with Crippen molar-refractivity contribution in [1.82, 2.24) is 4.90 Å². The summed E-state index contributed by atoms with van der Waals surface area (Å²) in [5.41, 5.74) is 0.256. The highest BCUT2D eigenvalue weighted by Gasteiger charge is 2.19. The zero-order chi connectivity index (χ0) is 16.0. The van der Waals surface area contributed by atoms with E-state index in [1.54, 1.807) is 18.0 Å². The number of hydrogen-bond donors (Lipinski definition) is 2. The van der Waals surface area contributed by atoms with E-state index in [1.807, 2.05) is 13.8 Å². The number of amides is 2. The first kappa shape index (κ1) is 16.8. The average molecular weight is 294 g/mol. The zero-order valence-electron chi connectivity index (χ0n) is 12.8. The van der Waals surface area contributed by atoms with E-state index in [9.17, 15) is 14.7 Å². The molecule has 21 heavy (non-hydrogen) atoms. The normalized spacial score (nSPS) is 10.3. The molecule has 0 saturated heterocycles. The Morgan fingerprint density at radius 3 is 2.43 bits per heavy atom. The van der Waals surface area contributed by atoms with E-state index in [0.717, 1.165) is 12.8 Å². The third-order valence-electron chi connectivity index (χ3n) is 3.51. The van der Waals surface area contributed by atoms with E-state index < -0.39 is 5.97 Å². The number of urea groups is 1. The maximum Gasteiger partial charge on any atom is 0.337 e. The predicted molar refractivity (Wildman–Crippen MR) is 81.1 cm³/mol. The van der Waals surface area contributed by atoms with Crippen LogP contribution in [0.2, 0.25) is 0 Å². The van der Waals surface area contributed by atoms with Crippen molar-refractivity contribution in [3.05, 3.63) is 23.8 Å². The number of carbonyl (C=O) groups is 2. The van der Waals surface area contributed by atoms with Gasteiger partial charge in [-0.15, -0.1) is 0 Å². The topological polar surface area (TPSA) is 78.9 Å². The number of carboxylic acid groups (broad SMARTS) is 1. The minimum Gasteiger partial charge on any atom is -0.497 e. The Hall–Kier alpha value is -2.24. The Bertz CT molecular complexity index is 512. The van der Waals surface area contributed by atoms with Gasteiger partial charge in [-0.2, -0.15) is 0 Å². The zero-order valence-corrected chi connectivity index (χ0v) is 12.8. The number of carbonyl (C=O) groups excluding carboxylic acids is 1. The molecular weight excluding hydrogens is 272 g/mol. The summed E-state index contributed by atoms with van der Waals surface area (Å²) >= 11 is 0. The molecule has 1 rings (SSSR count). The van der Waals surface area contributed by atoms with E-state index in [0.29, 0.717) is 5.75 Å². The molecule has 2 amide bonds. The molecule has 2 N–H and O–H groups in total. The molecule has 6 heteroatoms. The number of methoxy groups -OCH3 is 1. The molecule has 0 unspecified atom stereocenters. The molecule has 1 aromatic rings. The number of ether oxygens (including phenoxy) is 1. The Morgan fingerprint density at radius 1 is 1.33 bits per heavy atom. The highest BCUT2D eigenvalue weighted by molar-refractivity contribution is 6.00. The molecule has 0 aromatic heterocycles. The van der Waals surface area contributed by atoms with Crippen LogP contribution in [-0.4, -0.2) is 42.2 Å². The van der Waals surface area contributed by atoms with Crippen LogP contribution in [0.4, 0.5) is 10.5 Å². The molecule has 6 nitrogen and oxygen atoms in total. The van der Waals surface area contributed by atoms with Gasteiger partial charge in [0.15, 0.2) is 0 Å². The van der Waals surface area contributed by atoms with Gasteiger partial charge in [-0.05, 0) is 25.0 Å². The fourth-order valence-electron chi connectivity index (χ4n) is 2.15. The molecule has 1 aromatic carbocycles. The fraction of sp³-hybridized carbons (Fsp3) is 0.467. The van der Waals surface area contributed by atoms with Gasteiger partial charge >= 0.3 is 12.0 Å². The highest BCUT2D eigenvalue weighted by Crippen LogP contribution is 2.23. The third kappa shape index (κ3) is 4.11. The van der Waals surface area contributed by atoms with Crippen molar-refractivity contribution in [1.29, 1.82) is 0 Å². The van der Waals surface area contributed by atoms with Crippen molar-refractivity contribution < 1.29 is 19.4 Å². The highest BCUT2D eigenvalue weighted by atomic mass is 16.5. The summed E-state index contributed by atoms with van der Waals surface area (Å²) in [6.45, 7) is 4.01. The molecule has 0 fully saturated rings. The first-order valence-corrected chi connectivity index (χ1v) is 6.89. The molecule has 116 valence electrons. The number of anilines is 1. The van der Waals surface area contributed by atoms with Crippen molar-refractivity contribution in [3.63, 3.8) is 0 Å². The van der Waals surface area contributed by atoms with Crippen LogP contribution in [-0.2, 0) is 0 Å². The minimum atomic E-state index is -1.10. The second-order valence-corrected chi connectivity index (χ2v) is 4.73. The lowest BCUT2D eigenvalue weighted by molar-refractivity contribution is 0.0698. The maximum atomic E-state index is 12.2. The van der Waals surface area contributed by atoms with Crippen LogP contribution in [0.5, 0.6) is 5.75 Å². The van der Waals surface area contributed by atoms with Crippen molar-refractivity contribution in [2.45, 2.75) is 32.7 Å². The lowest BCUT2D eigenvalue weighted by Gasteiger charge is -2.26. The Morgan fingerprint density at radius 2 is 1.95 bits per heavy atom. The van der Waals surface area contributed by atoms with Crippen LogP contribution in [0.15, 0.2) is 18.2 Å². The lowest BCUT2D eigenvalue weighted by atomic mass is 10.1. The van der Waals surface area contributed by atoms with E-state index in [-0.39, 0.29) is 23.3 Å². The van der Waals surface area contributed by atoms with E-state index in [2.05, 4.69) is 5.32 Å². The van der Waals surface area contributed by atoms with Gasteiger partial charge in [0.2, 0.25) is 0 Å². The lowest BCUT2D eigenvalue weighted by Crippen LogP contribution is -2.39. The molecule has 0 aliphatic heterocycles. The standard InChI is InChI=1S/C15H22N2O4/c1-5-10(6-2)17(3)15(20)16-13-9-11(21-4)7-8-12(13)14(18)19/h7-10H,5-6H2,1-4H3,(H,16,20)(H,18,19). The molecule has 0 spiro atoms. The second-order valence-electron chi connectivity index (χ2n) is 4.73. The fourth-order valence-corrected chi connectivity index (χ4v) is 2.15. The van der Waals surface area contributed by atoms with Crippen LogP contribution in [0, 0.1) is 0 Å². The number of hydrogen-bond acceptors (Lipinski definition) is 3. The van der Waals surface area contributed by atoms with E-state index in [1.165, 1.54) is 19.2 Å². The van der Waals surface area contributed by atoms with Crippen LogP contribution in [0.3, 0.4) is 0 Å². The molecule has 0 heterocycles. The van der Waals surface area contributed by atoms with Gasteiger partial charge in [0, 0.05) is 19.2 Å². The van der Waals surface area contributed by atoms with Gasteiger partial charge in [0.05, 0.1) is 18.4 Å². The van der Waals surface area contributed by atoms with E-state index >= 15 is 0 Å². The summed E-state index contributed by atoms with van der Waals surface area (Å²) in [5.74, 6) is -0.612. The number of aromatic carboxylic acids is 1. The molecule has 0 atom stereocenters. The van der Waals surface area contributed by atoms with Crippen molar-refractivity contribution in [2.24, 2.45) is 0 Å². The number of rotatable bonds is 6. The van der Waals surface area contributed by atoms with Crippen molar-refractivity contribution >= 4 is 17.7 Å². The summed E-state index contributed by atoms with van der Waals surface area (Å²) in [6.07, 6.45) is 1.68. The predicted octanol–water partition coefficient (Wildman–Crippen LogP) is 3.05. The SMILES string of the molecule is CCC(CC)N(C)C(=O)Nc1cc(OC)ccc1C(=O)O. The van der Waals surface area contributed by atoms with Crippen LogP contribution in [0.1, 0.15) is 37.0 Å². The Kier molecular flexibility index (Phi) is 6.02. The summed E-state index contributed by atoms with van der Waals surface area (Å²) in [6, 6.07) is 4.24. The molecule has 0 radical (unpaired) electrons. The molecule has 0 saturated carbocycles. The average Bonchev–Trinajstić information content (AvgIpc) is 2.47. The quantitative estimate of drug-likeness (QED) is 0.845. The van der Waals surface area contributed by atoms with Crippen LogP contribution < -0.4 is 10.1 Å². The number of nitrogens with zero attached hydrogens (tertiary/aromatic N) is 1. The second kappa shape index (κ2) is 7.52. The summed E-state index contributed by atoms with van der Waals surface area (Å²) < 4.78 is 5.06. The van der Waals surface area contributed by atoms with Gasteiger partial charge in [-0.1, -0.05) is 13.8 Å². The summed E-state index contributed by atoms with van der Waals surface area (Å²) in [4.78, 5) is 25.0. The van der Waals surface area contributed by atoms with Gasteiger partial charge < -0.3 is 20.1 Å². The molecule has 0 bridgehead atoms. The van der Waals surface area contributed by atoms with E-state index in [4.69, 9.17) is 4.74 Å². The third-order valence-corrected chi connectivity index (χ3v) is 3.51. The number of carboxylic acids is 1. The first-order chi connectivity index (χ1) is 9.94. The molecule has 0 aliphatic carbocycles. The molecular formula is C15H22N2O4. The Labute approximate surface area is 124 Å². The largest absolute Gasteiger partial charge is 0.497 e. The van der Waals surface area contributed by atoms with Crippen molar-refractivity contribution in [3.8, 4) is 5.75 Å². The Balaban J connectivity index is 3.00. The maximum absolute atomic E-state index is 12.2. The summed E-state index contributed by atoms with van der Waals surface area (Å²) in [5, 5.41) is 11.8. The van der Waals surface area contributed by atoms with Gasteiger partial charge in [-0.3, -0.25) is 0 Å². The van der Waals surface area contributed by atoms with Crippen LogP contribution >= 0.6 is 0 Å². The van der Waals surface area contributed by atoms with Gasteiger partial charge in [0.1, 0.15) is 5.75 Å². The number of benzene rings is 1. The van der Waals surface area contributed by atoms with Gasteiger partial charge in [-0.25, -0.2) is 9.59 Å². The monoisotopic (exact) mass is 294 g/mol. The smallest absolute Gasteiger partial charge is 0.337 e. The first-order valence-electron chi connectivity index (χ1n) is 6.89. The van der Waals surface area contributed by atoms with Crippen LogP contribution in [0.25, 0.3) is 0 Å². The number of nitrogens with one attached hydrogen (secondary N) is 1. The van der Waals surface area contributed by atoms with Crippen molar-refractivity contribution in [2.75, 3.05) is 19.5 Å². The molecule has 0 aliphatic rings. The van der Waals surface area contributed by atoms with Gasteiger partial charge in [0.25, 0.3) is 0 Å². The minimum absolute atomic E-state index is 0.0297.